The highest BCUT2D eigenvalue weighted by atomic mass is 35.5. The number of aromatic nitrogens is 1. The zero-order valence-electron chi connectivity index (χ0n) is 16.3. The van der Waals surface area contributed by atoms with E-state index in [1.807, 2.05) is 36.0 Å². The van der Waals surface area contributed by atoms with Crippen molar-refractivity contribution in [2.24, 2.45) is 17.8 Å². The van der Waals surface area contributed by atoms with Crippen molar-refractivity contribution in [2.45, 2.75) is 42.1 Å². The average Bonchev–Trinajstić information content (AvgIpc) is 3.46. The number of benzene rings is 2. The normalized spacial score (nSPS) is 28.9. The van der Waals surface area contributed by atoms with E-state index >= 15 is 0 Å². The summed E-state index contributed by atoms with van der Waals surface area (Å²) in [6.45, 7) is 0.522. The first-order valence-corrected chi connectivity index (χ1v) is 12.6. The lowest BCUT2D eigenvalue weighted by Gasteiger charge is -2.40. The standard InChI is InChI=1S/C24H22ClNO2S2/c25-17-7-1-13(2-8-17)12-28-18-9-5-14(6-10-18)19-20-15-3-4-16(11-15)21(20)29-23-22(19)30-24(27)26-23/h1-2,5-10,15-16,19-21H,3-4,11-12H2,(H,26,27)/t15?,16?,19-,20?,21?/m1/s1. The summed E-state index contributed by atoms with van der Waals surface area (Å²) in [6.07, 6.45) is 4.06. The minimum absolute atomic E-state index is 0.0766. The molecular formula is C24H22ClNO2S2. The van der Waals surface area contributed by atoms with E-state index in [0.717, 1.165) is 33.2 Å². The Morgan fingerprint density at radius 2 is 1.80 bits per heavy atom. The number of thioether (sulfide) groups is 1. The molecule has 2 aliphatic carbocycles. The topological polar surface area (TPSA) is 42.1 Å². The van der Waals surface area contributed by atoms with Crippen LogP contribution in [0.15, 0.2) is 58.4 Å². The van der Waals surface area contributed by atoms with Gasteiger partial charge in [0, 0.05) is 21.1 Å². The minimum atomic E-state index is 0.0766. The SMILES string of the molecule is O=c1[nH]c2c(s1)[C@H](c1ccc(OCc3ccc(Cl)cc3)cc1)C1C3CCC(C3)C1S2. The molecule has 6 rings (SSSR count). The lowest BCUT2D eigenvalue weighted by molar-refractivity contribution is 0.302. The maximum absolute atomic E-state index is 12.1. The summed E-state index contributed by atoms with van der Waals surface area (Å²) in [6, 6.07) is 16.3. The van der Waals surface area contributed by atoms with E-state index in [-0.39, 0.29) is 4.87 Å². The van der Waals surface area contributed by atoms with Crippen molar-refractivity contribution < 1.29 is 4.74 Å². The zero-order chi connectivity index (χ0) is 20.2. The van der Waals surface area contributed by atoms with Crippen molar-refractivity contribution in [3.8, 4) is 5.75 Å². The Hall–Kier alpha value is -1.69. The number of ether oxygens (including phenoxy) is 1. The molecule has 0 radical (unpaired) electrons. The van der Waals surface area contributed by atoms with Crippen LogP contribution < -0.4 is 9.61 Å². The molecule has 0 amide bonds. The number of halogens is 1. The Morgan fingerprint density at radius 1 is 1.03 bits per heavy atom. The highest BCUT2D eigenvalue weighted by Crippen LogP contribution is 2.63. The summed E-state index contributed by atoms with van der Waals surface area (Å²) < 4.78 is 5.98. The van der Waals surface area contributed by atoms with Crippen molar-refractivity contribution >= 4 is 34.7 Å². The third-order valence-corrected chi connectivity index (χ3v) is 9.90. The molecule has 1 aromatic heterocycles. The quantitative estimate of drug-likeness (QED) is 0.500. The van der Waals surface area contributed by atoms with E-state index in [1.165, 1.54) is 41.0 Å². The van der Waals surface area contributed by atoms with Gasteiger partial charge in [0.1, 0.15) is 12.4 Å². The van der Waals surface area contributed by atoms with Crippen LogP contribution in [0.5, 0.6) is 5.75 Å². The van der Waals surface area contributed by atoms with Crippen molar-refractivity contribution in [1.82, 2.24) is 4.98 Å². The van der Waals surface area contributed by atoms with Gasteiger partial charge in [-0.25, -0.2) is 0 Å². The lowest BCUT2D eigenvalue weighted by Crippen LogP contribution is -2.33. The molecule has 2 aromatic carbocycles. The predicted octanol–water partition coefficient (Wildman–Crippen LogP) is 6.32. The number of H-pyrrole nitrogens is 1. The largest absolute Gasteiger partial charge is 0.489 e. The molecule has 3 nitrogen and oxygen atoms in total. The van der Waals surface area contributed by atoms with Gasteiger partial charge in [-0.1, -0.05) is 47.2 Å². The van der Waals surface area contributed by atoms with Crippen LogP contribution in [0.25, 0.3) is 0 Å². The summed E-state index contributed by atoms with van der Waals surface area (Å²) in [7, 11) is 0. The number of aromatic amines is 1. The van der Waals surface area contributed by atoms with Crippen LogP contribution in [0.3, 0.4) is 0 Å². The molecule has 3 aliphatic rings. The van der Waals surface area contributed by atoms with Crippen LogP contribution in [0.1, 0.15) is 41.2 Å². The second kappa shape index (κ2) is 7.47. The van der Waals surface area contributed by atoms with E-state index in [4.69, 9.17) is 16.3 Å². The smallest absolute Gasteiger partial charge is 0.305 e. The van der Waals surface area contributed by atoms with Gasteiger partial charge in [-0.15, -0.1) is 11.8 Å². The zero-order valence-corrected chi connectivity index (χ0v) is 18.7. The maximum atomic E-state index is 12.1. The second-order valence-corrected chi connectivity index (χ2v) is 11.3. The average molecular weight is 456 g/mol. The first-order valence-electron chi connectivity index (χ1n) is 10.5. The minimum Gasteiger partial charge on any atom is -0.489 e. The maximum Gasteiger partial charge on any atom is 0.305 e. The first kappa shape index (κ1) is 19.0. The van der Waals surface area contributed by atoms with Crippen molar-refractivity contribution in [1.29, 1.82) is 0 Å². The van der Waals surface area contributed by atoms with Gasteiger partial charge in [-0.2, -0.15) is 0 Å². The molecule has 3 aromatic rings. The van der Waals surface area contributed by atoms with Crippen LogP contribution in [0.4, 0.5) is 0 Å². The molecule has 2 saturated carbocycles. The molecule has 1 N–H and O–H groups in total. The van der Waals surface area contributed by atoms with E-state index in [1.54, 1.807) is 0 Å². The van der Waals surface area contributed by atoms with Gasteiger partial charge in [0.2, 0.25) is 0 Å². The van der Waals surface area contributed by atoms with Crippen LogP contribution in [0.2, 0.25) is 5.02 Å². The van der Waals surface area contributed by atoms with Gasteiger partial charge in [0.25, 0.3) is 0 Å². The number of hydrogen-bond donors (Lipinski definition) is 1. The fraction of sp³-hybridized carbons (Fsp3) is 0.375. The molecular weight excluding hydrogens is 434 g/mol. The van der Waals surface area contributed by atoms with Crippen LogP contribution in [-0.4, -0.2) is 10.2 Å². The molecule has 4 unspecified atom stereocenters. The Balaban J connectivity index is 1.27. The third kappa shape index (κ3) is 3.22. The highest BCUT2D eigenvalue weighted by Gasteiger charge is 2.54. The molecule has 1 aliphatic heterocycles. The molecule has 2 fully saturated rings. The summed E-state index contributed by atoms with van der Waals surface area (Å²) in [5.41, 5.74) is 2.41. The van der Waals surface area contributed by atoms with E-state index in [9.17, 15) is 4.79 Å². The number of thiazole rings is 1. The molecule has 0 spiro atoms. The van der Waals surface area contributed by atoms with Crippen LogP contribution in [-0.2, 0) is 6.61 Å². The lowest BCUT2D eigenvalue weighted by atomic mass is 9.75. The summed E-state index contributed by atoms with van der Waals surface area (Å²) in [5.74, 6) is 3.45. The van der Waals surface area contributed by atoms with Crippen molar-refractivity contribution in [3.05, 3.63) is 79.2 Å². The van der Waals surface area contributed by atoms with Gasteiger partial charge in [-0.05, 0) is 72.4 Å². The Bertz CT molecular complexity index is 1120. The number of rotatable bonds is 4. The highest BCUT2D eigenvalue weighted by molar-refractivity contribution is 8.00. The molecule has 0 saturated heterocycles. The van der Waals surface area contributed by atoms with Crippen LogP contribution >= 0.6 is 34.7 Å². The number of fused-ring (bicyclic) bond motifs is 6. The fourth-order valence-electron chi connectivity index (χ4n) is 5.74. The molecule has 154 valence electrons. The second-order valence-electron chi connectivity index (χ2n) is 8.66. The third-order valence-electron chi connectivity index (χ3n) is 7.02. The van der Waals surface area contributed by atoms with Gasteiger partial charge in [-0.3, -0.25) is 4.79 Å². The Labute approximate surface area is 188 Å². The molecule has 30 heavy (non-hydrogen) atoms. The van der Waals surface area contributed by atoms with Crippen LogP contribution in [0, 0.1) is 17.8 Å². The monoisotopic (exact) mass is 455 g/mol. The number of nitrogens with one attached hydrogen (secondary N) is 1. The van der Waals surface area contributed by atoms with Gasteiger partial charge in [0.15, 0.2) is 0 Å². The Kier molecular flexibility index (Phi) is 4.74. The summed E-state index contributed by atoms with van der Waals surface area (Å²) >= 11 is 9.30. The molecule has 6 heteroatoms. The summed E-state index contributed by atoms with van der Waals surface area (Å²) in [5, 5.41) is 2.50. The van der Waals surface area contributed by atoms with Gasteiger partial charge in [0.05, 0.1) is 5.03 Å². The van der Waals surface area contributed by atoms with E-state index < -0.39 is 0 Å². The van der Waals surface area contributed by atoms with E-state index in [0.29, 0.717) is 23.7 Å². The Morgan fingerprint density at radius 3 is 2.60 bits per heavy atom. The summed E-state index contributed by atoms with van der Waals surface area (Å²) in [4.78, 5) is 16.6. The molecule has 5 atom stereocenters. The van der Waals surface area contributed by atoms with Crippen molar-refractivity contribution in [2.75, 3.05) is 0 Å². The fourth-order valence-corrected chi connectivity index (χ4v) is 8.76. The van der Waals surface area contributed by atoms with E-state index in [2.05, 4.69) is 29.2 Å². The van der Waals surface area contributed by atoms with Gasteiger partial charge >= 0.3 is 4.87 Å². The van der Waals surface area contributed by atoms with Crippen molar-refractivity contribution in [3.63, 3.8) is 0 Å². The first-order chi connectivity index (χ1) is 14.7. The number of hydrogen-bond acceptors (Lipinski definition) is 4. The molecule has 2 bridgehead atoms. The molecule has 2 heterocycles. The predicted molar refractivity (Wildman–Crippen MR) is 123 cm³/mol. The van der Waals surface area contributed by atoms with Gasteiger partial charge < -0.3 is 9.72 Å².